The highest BCUT2D eigenvalue weighted by atomic mass is 35.5. The van der Waals surface area contributed by atoms with E-state index in [1.54, 1.807) is 30.3 Å². The molecule has 6 nitrogen and oxygen atoms in total. The fourth-order valence-electron chi connectivity index (χ4n) is 2.36. The van der Waals surface area contributed by atoms with Crippen LogP contribution in [0.5, 0.6) is 0 Å². The first kappa shape index (κ1) is 18.4. The fraction of sp³-hybridized carbons (Fsp3) is 0.0588. The predicted molar refractivity (Wildman–Crippen MR) is 101 cm³/mol. The van der Waals surface area contributed by atoms with Crippen molar-refractivity contribution in [2.45, 2.75) is 6.54 Å². The van der Waals surface area contributed by atoms with Crippen LogP contribution in [-0.2, 0) is 11.3 Å². The minimum Gasteiger partial charge on any atom is -0.268 e. The zero-order valence-electron chi connectivity index (χ0n) is 13.0. The molecule has 0 atom stereocenters. The lowest BCUT2D eigenvalue weighted by molar-refractivity contribution is -0.384. The molecule has 0 saturated carbocycles. The monoisotopic (exact) mass is 408 g/mol. The van der Waals surface area contributed by atoms with Crippen LogP contribution in [0.25, 0.3) is 6.08 Å². The second kappa shape index (κ2) is 7.49. The van der Waals surface area contributed by atoms with Crippen LogP contribution in [0.3, 0.4) is 0 Å². The maximum Gasteiger partial charge on any atom is 0.293 e. The molecule has 0 aliphatic carbocycles. The van der Waals surface area contributed by atoms with E-state index in [2.05, 4.69) is 0 Å². The minimum atomic E-state index is -0.607. The SMILES string of the molecule is O=C1S/C(=C\c2ccc(Cl)c([N+](=O)[O-])c2)C(=O)N1Cc1cccc(Cl)c1. The van der Waals surface area contributed by atoms with Crippen LogP contribution in [-0.4, -0.2) is 21.0 Å². The van der Waals surface area contributed by atoms with E-state index in [-0.39, 0.29) is 22.2 Å². The van der Waals surface area contributed by atoms with E-state index in [0.717, 1.165) is 22.2 Å². The normalized spacial score (nSPS) is 15.8. The molecule has 0 bridgehead atoms. The van der Waals surface area contributed by atoms with Crippen LogP contribution in [0.15, 0.2) is 47.4 Å². The molecular weight excluding hydrogens is 399 g/mol. The summed E-state index contributed by atoms with van der Waals surface area (Å²) in [6.45, 7) is 0.101. The van der Waals surface area contributed by atoms with Crippen molar-refractivity contribution < 1.29 is 14.5 Å². The van der Waals surface area contributed by atoms with Gasteiger partial charge in [0.1, 0.15) is 5.02 Å². The Bertz CT molecular complexity index is 962. The summed E-state index contributed by atoms with van der Waals surface area (Å²) in [6, 6.07) is 11.1. The molecule has 1 aliphatic heterocycles. The molecule has 0 unspecified atom stereocenters. The van der Waals surface area contributed by atoms with Gasteiger partial charge in [0.05, 0.1) is 16.4 Å². The zero-order chi connectivity index (χ0) is 18.8. The second-order valence-corrected chi connectivity index (χ2v) is 7.20. The Kier molecular flexibility index (Phi) is 5.31. The van der Waals surface area contributed by atoms with E-state index < -0.39 is 16.1 Å². The molecule has 2 aromatic rings. The molecule has 1 heterocycles. The smallest absolute Gasteiger partial charge is 0.268 e. The van der Waals surface area contributed by atoms with Gasteiger partial charge in [0.15, 0.2) is 0 Å². The van der Waals surface area contributed by atoms with E-state index in [1.165, 1.54) is 18.2 Å². The van der Waals surface area contributed by atoms with Gasteiger partial charge in [-0.15, -0.1) is 0 Å². The lowest BCUT2D eigenvalue weighted by Gasteiger charge is -2.12. The van der Waals surface area contributed by atoms with Gasteiger partial charge < -0.3 is 0 Å². The van der Waals surface area contributed by atoms with Crippen molar-refractivity contribution in [2.75, 3.05) is 0 Å². The third-order valence-electron chi connectivity index (χ3n) is 3.57. The van der Waals surface area contributed by atoms with Crippen molar-refractivity contribution in [2.24, 2.45) is 0 Å². The van der Waals surface area contributed by atoms with Crippen LogP contribution in [0.1, 0.15) is 11.1 Å². The number of benzene rings is 2. The van der Waals surface area contributed by atoms with Crippen molar-refractivity contribution in [3.05, 3.63) is 78.7 Å². The summed E-state index contributed by atoms with van der Waals surface area (Å²) in [5.41, 5.74) is 0.871. The molecule has 132 valence electrons. The van der Waals surface area contributed by atoms with Gasteiger partial charge in [0.25, 0.3) is 16.8 Å². The van der Waals surface area contributed by atoms with Gasteiger partial charge in [-0.3, -0.25) is 24.6 Å². The maximum atomic E-state index is 12.5. The number of imide groups is 1. The summed E-state index contributed by atoms with van der Waals surface area (Å²) in [6.07, 6.45) is 1.44. The number of hydrogen-bond donors (Lipinski definition) is 0. The van der Waals surface area contributed by atoms with Gasteiger partial charge in [-0.05, 0) is 47.2 Å². The number of nitro groups is 1. The minimum absolute atomic E-state index is 0.00112. The van der Waals surface area contributed by atoms with Gasteiger partial charge >= 0.3 is 0 Å². The molecule has 0 radical (unpaired) electrons. The third kappa shape index (κ3) is 3.90. The molecule has 26 heavy (non-hydrogen) atoms. The quantitative estimate of drug-likeness (QED) is 0.397. The average Bonchev–Trinajstić information content (AvgIpc) is 2.84. The van der Waals surface area contributed by atoms with Crippen LogP contribution >= 0.6 is 35.0 Å². The number of halogens is 2. The molecule has 0 N–H and O–H groups in total. The topological polar surface area (TPSA) is 80.5 Å². The van der Waals surface area contributed by atoms with Gasteiger partial charge in [-0.25, -0.2) is 0 Å². The predicted octanol–water partition coefficient (Wildman–Crippen LogP) is 5.14. The van der Waals surface area contributed by atoms with E-state index in [9.17, 15) is 19.7 Å². The Morgan fingerprint density at radius 1 is 1.15 bits per heavy atom. The molecule has 1 aliphatic rings. The van der Waals surface area contributed by atoms with E-state index in [1.807, 2.05) is 0 Å². The summed E-state index contributed by atoms with van der Waals surface area (Å²) >= 11 is 12.5. The first-order valence-corrected chi connectivity index (χ1v) is 8.86. The van der Waals surface area contributed by atoms with E-state index >= 15 is 0 Å². The summed E-state index contributed by atoms with van der Waals surface area (Å²) < 4.78 is 0. The Hall–Kier alpha value is -2.35. The van der Waals surface area contributed by atoms with Crippen LogP contribution < -0.4 is 0 Å². The Morgan fingerprint density at radius 2 is 1.92 bits per heavy atom. The van der Waals surface area contributed by atoms with Crippen molar-refractivity contribution in [1.82, 2.24) is 4.90 Å². The number of thioether (sulfide) groups is 1. The molecule has 0 aromatic heterocycles. The number of amides is 2. The van der Waals surface area contributed by atoms with Crippen molar-refractivity contribution in [1.29, 1.82) is 0 Å². The first-order chi connectivity index (χ1) is 12.3. The number of rotatable bonds is 4. The van der Waals surface area contributed by atoms with Crippen molar-refractivity contribution in [3.8, 4) is 0 Å². The van der Waals surface area contributed by atoms with Crippen LogP contribution in [0.4, 0.5) is 10.5 Å². The third-order valence-corrected chi connectivity index (χ3v) is 5.03. The molecule has 1 fully saturated rings. The Labute approximate surface area is 162 Å². The highest BCUT2D eigenvalue weighted by Crippen LogP contribution is 2.34. The molecule has 1 saturated heterocycles. The lowest BCUT2D eigenvalue weighted by Crippen LogP contribution is -2.27. The molecule has 0 spiro atoms. The summed E-state index contributed by atoms with van der Waals surface area (Å²) in [5.74, 6) is -0.461. The standard InChI is InChI=1S/C17H10Cl2N2O4S/c18-12-3-1-2-11(6-12)9-20-16(22)15(26-17(20)23)8-10-4-5-13(19)14(7-10)21(24)25/h1-8H,9H2/b15-8-. The summed E-state index contributed by atoms with van der Waals surface area (Å²) in [7, 11) is 0. The number of carbonyl (C=O) groups excluding carboxylic acids is 2. The summed E-state index contributed by atoms with van der Waals surface area (Å²) in [5, 5.41) is 11.1. The molecule has 2 amide bonds. The largest absolute Gasteiger partial charge is 0.293 e. The van der Waals surface area contributed by atoms with Gasteiger partial charge in [0.2, 0.25) is 0 Å². The van der Waals surface area contributed by atoms with E-state index in [0.29, 0.717) is 10.6 Å². The second-order valence-electron chi connectivity index (χ2n) is 5.37. The Balaban J connectivity index is 1.85. The maximum absolute atomic E-state index is 12.5. The first-order valence-electron chi connectivity index (χ1n) is 7.29. The number of carbonyl (C=O) groups is 2. The zero-order valence-corrected chi connectivity index (χ0v) is 15.3. The van der Waals surface area contributed by atoms with Crippen LogP contribution in [0.2, 0.25) is 10.0 Å². The van der Waals surface area contributed by atoms with Crippen LogP contribution in [0, 0.1) is 10.1 Å². The molecule has 2 aromatic carbocycles. The molecular formula is C17H10Cl2N2O4S. The van der Waals surface area contributed by atoms with Gasteiger partial charge in [-0.2, -0.15) is 0 Å². The van der Waals surface area contributed by atoms with Crippen molar-refractivity contribution >= 4 is 57.9 Å². The fourth-order valence-corrected chi connectivity index (χ4v) is 3.60. The van der Waals surface area contributed by atoms with Crippen molar-refractivity contribution in [3.63, 3.8) is 0 Å². The number of nitrogens with zero attached hydrogens (tertiary/aromatic N) is 2. The lowest BCUT2D eigenvalue weighted by atomic mass is 10.1. The molecule has 3 rings (SSSR count). The Morgan fingerprint density at radius 3 is 2.62 bits per heavy atom. The number of hydrogen-bond acceptors (Lipinski definition) is 5. The number of nitro benzene ring substituents is 1. The average molecular weight is 409 g/mol. The van der Waals surface area contributed by atoms with Gasteiger partial charge in [-0.1, -0.05) is 41.4 Å². The van der Waals surface area contributed by atoms with Gasteiger partial charge in [0, 0.05) is 11.1 Å². The van der Waals surface area contributed by atoms with E-state index in [4.69, 9.17) is 23.2 Å². The highest BCUT2D eigenvalue weighted by molar-refractivity contribution is 8.18. The molecule has 9 heteroatoms. The summed E-state index contributed by atoms with van der Waals surface area (Å²) in [4.78, 5) is 36.3. The highest BCUT2D eigenvalue weighted by Gasteiger charge is 2.35.